The van der Waals surface area contributed by atoms with Crippen molar-refractivity contribution in [2.75, 3.05) is 18.9 Å². The number of aliphatic hydroxyl groups excluding tert-OH is 1. The van der Waals surface area contributed by atoms with Gasteiger partial charge in [0.1, 0.15) is 0 Å². The molecular weight excluding hydrogens is 202 g/mol. The molecule has 0 bridgehead atoms. The molecule has 0 amide bonds. The Morgan fingerprint density at radius 3 is 2.43 bits per heavy atom. The first kappa shape index (κ1) is 13.9. The van der Waals surface area contributed by atoms with Crippen molar-refractivity contribution >= 4 is 10.0 Å². The molecule has 86 valence electrons. The summed E-state index contributed by atoms with van der Waals surface area (Å²) in [6, 6.07) is 0. The Labute approximate surface area is 86.8 Å². The molecular formula is C9H21NO3S. The second-order valence-electron chi connectivity index (χ2n) is 3.83. The van der Waals surface area contributed by atoms with Crippen LogP contribution in [0.1, 0.15) is 33.1 Å². The van der Waals surface area contributed by atoms with E-state index < -0.39 is 10.0 Å². The number of hydrogen-bond acceptors (Lipinski definition) is 3. The first-order valence-electron chi connectivity index (χ1n) is 5.06. The summed E-state index contributed by atoms with van der Waals surface area (Å²) in [7, 11) is -3.23. The van der Waals surface area contributed by atoms with Crippen LogP contribution in [0.25, 0.3) is 0 Å². The monoisotopic (exact) mass is 223 g/mol. The number of rotatable bonds is 8. The molecule has 0 saturated carbocycles. The van der Waals surface area contributed by atoms with E-state index in [1.54, 1.807) is 0 Å². The van der Waals surface area contributed by atoms with E-state index in [0.717, 1.165) is 19.3 Å². The molecule has 0 fully saturated rings. The van der Waals surface area contributed by atoms with Crippen molar-refractivity contribution in [1.82, 2.24) is 4.72 Å². The Balaban J connectivity index is 3.45. The third kappa shape index (κ3) is 8.47. The quantitative estimate of drug-likeness (QED) is 0.596. The average Bonchev–Trinajstić information content (AvgIpc) is 2.02. The Hall–Kier alpha value is -0.130. The zero-order valence-electron chi connectivity index (χ0n) is 8.99. The Bertz CT molecular complexity index is 224. The minimum absolute atomic E-state index is 0.197. The zero-order chi connectivity index (χ0) is 11.0. The normalized spacial score (nSPS) is 12.3. The molecule has 4 nitrogen and oxygen atoms in total. The van der Waals surface area contributed by atoms with E-state index in [1.165, 1.54) is 0 Å². The molecule has 0 atom stereocenters. The van der Waals surface area contributed by atoms with E-state index in [0.29, 0.717) is 12.5 Å². The van der Waals surface area contributed by atoms with Crippen molar-refractivity contribution in [3.63, 3.8) is 0 Å². The van der Waals surface area contributed by atoms with Crippen LogP contribution in [0.3, 0.4) is 0 Å². The number of sulfonamides is 1. The molecule has 2 N–H and O–H groups in total. The van der Waals surface area contributed by atoms with Gasteiger partial charge < -0.3 is 5.11 Å². The molecule has 0 unspecified atom stereocenters. The fraction of sp³-hybridized carbons (Fsp3) is 1.00. The van der Waals surface area contributed by atoms with E-state index in [-0.39, 0.29) is 12.4 Å². The van der Waals surface area contributed by atoms with Gasteiger partial charge in [-0.05, 0) is 12.3 Å². The number of nitrogens with one attached hydrogen (secondary N) is 1. The van der Waals surface area contributed by atoms with Gasteiger partial charge in [-0.15, -0.1) is 0 Å². The highest BCUT2D eigenvalue weighted by atomic mass is 32.2. The van der Waals surface area contributed by atoms with E-state index in [2.05, 4.69) is 18.6 Å². The molecule has 0 aromatic carbocycles. The summed E-state index contributed by atoms with van der Waals surface area (Å²) >= 11 is 0. The summed E-state index contributed by atoms with van der Waals surface area (Å²) in [6.07, 6.45) is 3.03. The maximum Gasteiger partial charge on any atom is 0.213 e. The predicted octanol–water partition coefficient (Wildman–Crippen LogP) is 0.724. The summed E-state index contributed by atoms with van der Waals surface area (Å²) in [4.78, 5) is 0. The summed E-state index contributed by atoms with van der Waals surface area (Å²) in [5.74, 6) is 0.473. The van der Waals surface area contributed by atoms with Crippen molar-refractivity contribution in [2.24, 2.45) is 5.92 Å². The summed E-state index contributed by atoms with van der Waals surface area (Å²) in [5.41, 5.74) is 0. The summed E-state index contributed by atoms with van der Waals surface area (Å²) < 4.78 is 24.6. The van der Waals surface area contributed by atoms with Crippen molar-refractivity contribution in [3.05, 3.63) is 0 Å². The van der Waals surface area contributed by atoms with Crippen molar-refractivity contribution in [1.29, 1.82) is 0 Å². The van der Waals surface area contributed by atoms with Crippen LogP contribution < -0.4 is 4.72 Å². The lowest BCUT2D eigenvalue weighted by Gasteiger charge is -2.06. The summed E-state index contributed by atoms with van der Waals surface area (Å²) in [6.45, 7) is 4.46. The van der Waals surface area contributed by atoms with Crippen molar-refractivity contribution in [2.45, 2.75) is 33.1 Å². The lowest BCUT2D eigenvalue weighted by molar-refractivity contribution is 0.319. The molecule has 0 saturated heterocycles. The minimum atomic E-state index is -3.23. The number of unbranched alkanes of at least 4 members (excludes halogenated alkanes) is 1. The van der Waals surface area contributed by atoms with Gasteiger partial charge in [0.05, 0.1) is 12.4 Å². The molecule has 0 spiro atoms. The van der Waals surface area contributed by atoms with Crippen LogP contribution in [0.2, 0.25) is 0 Å². The minimum Gasteiger partial charge on any atom is -0.395 e. The van der Waals surface area contributed by atoms with Crippen molar-refractivity contribution in [3.8, 4) is 0 Å². The second-order valence-corrected chi connectivity index (χ2v) is 5.75. The van der Waals surface area contributed by atoms with Gasteiger partial charge in [-0.3, -0.25) is 0 Å². The lowest BCUT2D eigenvalue weighted by Crippen LogP contribution is -2.28. The third-order valence-corrected chi connectivity index (χ3v) is 3.25. The van der Waals surface area contributed by atoms with Crippen LogP contribution in [-0.4, -0.2) is 32.4 Å². The molecule has 0 aliphatic heterocycles. The largest absolute Gasteiger partial charge is 0.395 e. The van der Waals surface area contributed by atoms with Gasteiger partial charge in [0, 0.05) is 6.54 Å². The molecule has 0 rings (SSSR count). The first-order valence-corrected chi connectivity index (χ1v) is 6.71. The van der Waals surface area contributed by atoms with Gasteiger partial charge in [0.15, 0.2) is 0 Å². The fourth-order valence-electron chi connectivity index (χ4n) is 1.10. The Kier molecular flexibility index (Phi) is 7.13. The first-order chi connectivity index (χ1) is 6.48. The topological polar surface area (TPSA) is 66.4 Å². The SMILES string of the molecule is CC(C)CCCCNS(=O)(=O)CCO. The molecule has 5 heteroatoms. The van der Waals surface area contributed by atoms with Gasteiger partial charge in [-0.1, -0.05) is 26.7 Å². The second kappa shape index (κ2) is 7.20. The van der Waals surface area contributed by atoms with Crippen LogP contribution in [0, 0.1) is 5.92 Å². The third-order valence-electron chi connectivity index (χ3n) is 1.89. The average molecular weight is 223 g/mol. The molecule has 0 aliphatic rings. The summed E-state index contributed by atoms with van der Waals surface area (Å²) in [5, 5.41) is 8.46. The Morgan fingerprint density at radius 2 is 1.93 bits per heavy atom. The highest BCUT2D eigenvalue weighted by Gasteiger charge is 2.07. The van der Waals surface area contributed by atoms with Gasteiger partial charge >= 0.3 is 0 Å². The van der Waals surface area contributed by atoms with Crippen LogP contribution >= 0.6 is 0 Å². The molecule has 0 radical (unpaired) electrons. The smallest absolute Gasteiger partial charge is 0.213 e. The van der Waals surface area contributed by atoms with E-state index in [4.69, 9.17) is 5.11 Å². The van der Waals surface area contributed by atoms with Crippen LogP contribution in [-0.2, 0) is 10.0 Å². The highest BCUT2D eigenvalue weighted by Crippen LogP contribution is 2.05. The maximum atomic E-state index is 11.1. The van der Waals surface area contributed by atoms with Crippen LogP contribution in [0.5, 0.6) is 0 Å². The van der Waals surface area contributed by atoms with E-state index >= 15 is 0 Å². The highest BCUT2D eigenvalue weighted by molar-refractivity contribution is 7.89. The Morgan fingerprint density at radius 1 is 1.29 bits per heavy atom. The van der Waals surface area contributed by atoms with Gasteiger partial charge in [-0.2, -0.15) is 0 Å². The van der Waals surface area contributed by atoms with E-state index in [9.17, 15) is 8.42 Å². The van der Waals surface area contributed by atoms with Gasteiger partial charge in [0.2, 0.25) is 10.0 Å². The fourth-order valence-corrected chi connectivity index (χ4v) is 1.94. The van der Waals surface area contributed by atoms with Crippen LogP contribution in [0.4, 0.5) is 0 Å². The maximum absolute atomic E-state index is 11.1. The molecule has 14 heavy (non-hydrogen) atoms. The van der Waals surface area contributed by atoms with E-state index in [1.807, 2.05) is 0 Å². The zero-order valence-corrected chi connectivity index (χ0v) is 9.81. The molecule has 0 aliphatic carbocycles. The standard InChI is InChI=1S/C9H21NO3S/c1-9(2)5-3-4-6-10-14(12,13)8-7-11/h9-11H,3-8H2,1-2H3. The number of aliphatic hydroxyl groups is 1. The van der Waals surface area contributed by atoms with Gasteiger partial charge in [0.25, 0.3) is 0 Å². The van der Waals surface area contributed by atoms with Gasteiger partial charge in [-0.25, -0.2) is 13.1 Å². The number of hydrogen-bond donors (Lipinski definition) is 2. The van der Waals surface area contributed by atoms with Crippen LogP contribution in [0.15, 0.2) is 0 Å². The molecule has 0 aromatic heterocycles. The van der Waals surface area contributed by atoms with Crippen molar-refractivity contribution < 1.29 is 13.5 Å². The molecule has 0 aromatic rings. The predicted molar refractivity (Wildman–Crippen MR) is 57.6 cm³/mol. The molecule has 0 heterocycles. The lowest BCUT2D eigenvalue weighted by atomic mass is 10.1.